The molecule has 2 amide bonds. The van der Waals surface area contributed by atoms with E-state index in [1.807, 2.05) is 32.0 Å². The minimum atomic E-state index is -0.461. The topological polar surface area (TPSA) is 55.8 Å². The van der Waals surface area contributed by atoms with Crippen molar-refractivity contribution in [1.82, 2.24) is 4.90 Å². The van der Waals surface area contributed by atoms with E-state index in [1.165, 1.54) is 6.07 Å². The molecule has 3 aromatic carbocycles. The molecule has 0 aliphatic carbocycles. The van der Waals surface area contributed by atoms with Crippen LogP contribution in [0.3, 0.4) is 0 Å². The molecule has 1 saturated heterocycles. The van der Waals surface area contributed by atoms with Crippen molar-refractivity contribution in [1.29, 1.82) is 0 Å². The Kier molecular flexibility index (Phi) is 7.93. The number of aryl methyl sites for hydroxylation is 1. The first-order chi connectivity index (χ1) is 16.9. The number of carbonyl (C=O) groups excluding carboxylic acids is 2. The van der Waals surface area contributed by atoms with Gasteiger partial charge in [0.15, 0.2) is 11.5 Å². The Balaban J connectivity index is 1.56. The molecule has 0 unspecified atom stereocenters. The van der Waals surface area contributed by atoms with Gasteiger partial charge in [-0.1, -0.05) is 48.0 Å². The summed E-state index contributed by atoms with van der Waals surface area (Å²) >= 11 is 4.38. The molecule has 1 fully saturated rings. The Morgan fingerprint density at radius 2 is 1.86 bits per heavy atom. The quantitative estimate of drug-likeness (QED) is 0.277. The molecule has 1 heterocycles. The van der Waals surface area contributed by atoms with E-state index in [2.05, 4.69) is 22.0 Å². The second-order valence-corrected chi connectivity index (χ2v) is 9.75. The van der Waals surface area contributed by atoms with E-state index in [9.17, 15) is 14.0 Å². The summed E-state index contributed by atoms with van der Waals surface area (Å²) in [7, 11) is 0. The smallest absolute Gasteiger partial charge is 0.293 e. The number of imide groups is 1. The van der Waals surface area contributed by atoms with Crippen LogP contribution in [0.5, 0.6) is 11.5 Å². The average Bonchev–Trinajstić information content (AvgIpc) is 3.07. The maximum absolute atomic E-state index is 14.0. The molecule has 0 N–H and O–H groups in total. The normalized spacial score (nSPS) is 14.6. The highest BCUT2D eigenvalue weighted by atomic mass is 79.9. The third-order valence-electron chi connectivity index (χ3n) is 5.26. The van der Waals surface area contributed by atoms with Crippen LogP contribution in [-0.2, 0) is 17.9 Å². The molecule has 0 radical (unpaired) electrons. The van der Waals surface area contributed by atoms with Gasteiger partial charge in [0.2, 0.25) is 0 Å². The van der Waals surface area contributed by atoms with Gasteiger partial charge in [0, 0.05) is 5.56 Å². The van der Waals surface area contributed by atoms with Gasteiger partial charge in [0.05, 0.1) is 22.5 Å². The third kappa shape index (κ3) is 5.94. The van der Waals surface area contributed by atoms with Crippen molar-refractivity contribution in [2.75, 3.05) is 6.61 Å². The first kappa shape index (κ1) is 25.0. The lowest BCUT2D eigenvalue weighted by atomic mass is 10.1. The molecule has 0 saturated carbocycles. The molecule has 35 heavy (non-hydrogen) atoms. The second kappa shape index (κ2) is 11.1. The summed E-state index contributed by atoms with van der Waals surface area (Å²) in [6.45, 7) is 4.58. The molecule has 0 spiro atoms. The monoisotopic (exact) mass is 555 g/mol. The molecule has 4 rings (SSSR count). The highest BCUT2D eigenvalue weighted by molar-refractivity contribution is 9.10. The zero-order valence-corrected chi connectivity index (χ0v) is 21.6. The van der Waals surface area contributed by atoms with E-state index in [0.29, 0.717) is 34.7 Å². The van der Waals surface area contributed by atoms with Gasteiger partial charge in [0.25, 0.3) is 11.1 Å². The number of carbonyl (C=O) groups is 2. The summed E-state index contributed by atoms with van der Waals surface area (Å²) in [5.74, 6) is 0.156. The lowest BCUT2D eigenvalue weighted by molar-refractivity contribution is -0.123. The first-order valence-electron chi connectivity index (χ1n) is 11.0. The van der Waals surface area contributed by atoms with Crippen molar-refractivity contribution < 1.29 is 23.5 Å². The maximum Gasteiger partial charge on any atom is 0.293 e. The summed E-state index contributed by atoms with van der Waals surface area (Å²) < 4.78 is 26.5. The number of amides is 2. The summed E-state index contributed by atoms with van der Waals surface area (Å²) in [5.41, 5.74) is 3.13. The molecule has 5 nitrogen and oxygen atoms in total. The van der Waals surface area contributed by atoms with Gasteiger partial charge >= 0.3 is 0 Å². The molecular formula is C27H23BrFNO4S. The molecule has 0 bridgehead atoms. The zero-order valence-electron chi connectivity index (χ0n) is 19.2. The van der Waals surface area contributed by atoms with Crippen LogP contribution in [0.4, 0.5) is 9.18 Å². The Bertz CT molecular complexity index is 1310. The number of nitrogens with zero attached hydrogens (tertiary/aromatic N) is 1. The molecule has 0 aromatic heterocycles. The van der Waals surface area contributed by atoms with Crippen LogP contribution < -0.4 is 9.47 Å². The summed E-state index contributed by atoms with van der Waals surface area (Å²) in [4.78, 5) is 26.7. The van der Waals surface area contributed by atoms with E-state index in [1.54, 1.807) is 36.4 Å². The third-order valence-corrected chi connectivity index (χ3v) is 6.75. The summed E-state index contributed by atoms with van der Waals surface area (Å²) in [6, 6.07) is 17.7. The second-order valence-electron chi connectivity index (χ2n) is 7.90. The van der Waals surface area contributed by atoms with Crippen LogP contribution in [0.1, 0.15) is 29.2 Å². The number of halogens is 2. The van der Waals surface area contributed by atoms with Crippen molar-refractivity contribution in [3.63, 3.8) is 0 Å². The standard InChI is InChI=1S/C27H23BrFNO4S/c1-3-33-23-13-19(12-21(28)25(23)34-16-18-8-6-7-17(2)11-18)14-24-26(31)30(27(32)35-24)15-20-9-4-5-10-22(20)29/h4-14H,3,15-16H2,1-2H3/b24-14-. The summed E-state index contributed by atoms with van der Waals surface area (Å²) in [5, 5.41) is -0.438. The van der Waals surface area contributed by atoms with Crippen molar-refractivity contribution in [2.24, 2.45) is 0 Å². The minimum Gasteiger partial charge on any atom is -0.490 e. The van der Waals surface area contributed by atoms with Gasteiger partial charge in [-0.15, -0.1) is 0 Å². The number of benzene rings is 3. The predicted molar refractivity (Wildman–Crippen MR) is 139 cm³/mol. The van der Waals surface area contributed by atoms with Crippen LogP contribution >= 0.6 is 27.7 Å². The Hall–Kier alpha value is -3.10. The fourth-order valence-electron chi connectivity index (χ4n) is 3.62. The van der Waals surface area contributed by atoms with E-state index >= 15 is 0 Å². The van der Waals surface area contributed by atoms with Gasteiger partial charge in [-0.25, -0.2) is 4.39 Å². The fourth-order valence-corrected chi connectivity index (χ4v) is 5.03. The molecule has 3 aromatic rings. The molecule has 8 heteroatoms. The van der Waals surface area contributed by atoms with Crippen LogP contribution in [0.2, 0.25) is 0 Å². The number of hydrogen-bond donors (Lipinski definition) is 0. The molecule has 0 atom stereocenters. The molecular weight excluding hydrogens is 533 g/mol. The summed E-state index contributed by atoms with van der Waals surface area (Å²) in [6.07, 6.45) is 1.63. The van der Waals surface area contributed by atoms with Crippen molar-refractivity contribution in [3.8, 4) is 11.5 Å². The van der Waals surface area contributed by atoms with Crippen LogP contribution in [0, 0.1) is 12.7 Å². The predicted octanol–water partition coefficient (Wildman–Crippen LogP) is 7.11. The molecule has 1 aliphatic heterocycles. The number of rotatable bonds is 8. The van der Waals surface area contributed by atoms with Gasteiger partial charge in [0.1, 0.15) is 12.4 Å². The Labute approximate surface area is 216 Å². The fraction of sp³-hybridized carbons (Fsp3) is 0.185. The van der Waals surface area contributed by atoms with Crippen molar-refractivity contribution in [2.45, 2.75) is 27.0 Å². The molecule has 180 valence electrons. The number of ether oxygens (including phenoxy) is 2. The highest BCUT2D eigenvalue weighted by Crippen LogP contribution is 2.40. The first-order valence-corrected chi connectivity index (χ1v) is 12.6. The largest absolute Gasteiger partial charge is 0.490 e. The Morgan fingerprint density at radius 1 is 1.06 bits per heavy atom. The lowest BCUT2D eigenvalue weighted by Gasteiger charge is -2.15. The Morgan fingerprint density at radius 3 is 2.60 bits per heavy atom. The van der Waals surface area contributed by atoms with Gasteiger partial charge < -0.3 is 9.47 Å². The van der Waals surface area contributed by atoms with Crippen LogP contribution in [-0.4, -0.2) is 22.7 Å². The minimum absolute atomic E-state index is 0.117. The molecule has 1 aliphatic rings. The van der Waals surface area contributed by atoms with E-state index in [0.717, 1.165) is 27.8 Å². The SMILES string of the molecule is CCOc1cc(/C=C2\SC(=O)N(Cc3ccccc3F)C2=O)cc(Br)c1OCc1cccc(C)c1. The van der Waals surface area contributed by atoms with E-state index < -0.39 is 17.0 Å². The maximum atomic E-state index is 14.0. The number of thioether (sulfide) groups is 1. The average molecular weight is 556 g/mol. The van der Waals surface area contributed by atoms with Gasteiger partial charge in [-0.3, -0.25) is 14.5 Å². The van der Waals surface area contributed by atoms with E-state index in [4.69, 9.17) is 9.47 Å². The van der Waals surface area contributed by atoms with Gasteiger partial charge in [-0.05, 0) is 76.9 Å². The zero-order chi connectivity index (χ0) is 24.9. The van der Waals surface area contributed by atoms with Crippen LogP contribution in [0.25, 0.3) is 6.08 Å². The van der Waals surface area contributed by atoms with Crippen LogP contribution in [0.15, 0.2) is 70.0 Å². The highest BCUT2D eigenvalue weighted by Gasteiger charge is 2.35. The van der Waals surface area contributed by atoms with Crippen molar-refractivity contribution in [3.05, 3.63) is 98.1 Å². The van der Waals surface area contributed by atoms with Gasteiger partial charge in [-0.2, -0.15) is 0 Å². The van der Waals surface area contributed by atoms with E-state index in [-0.39, 0.29) is 17.0 Å². The lowest BCUT2D eigenvalue weighted by Crippen LogP contribution is -2.27. The van der Waals surface area contributed by atoms with Crippen molar-refractivity contribution >= 4 is 44.9 Å². The number of hydrogen-bond acceptors (Lipinski definition) is 5.